The number of hydrogen-bond donors (Lipinski definition) is 1. The smallest absolute Gasteiger partial charge is 0.312 e. The zero-order chi connectivity index (χ0) is 12.1. The number of pyridine rings is 1. The summed E-state index contributed by atoms with van der Waals surface area (Å²) in [6, 6.07) is 3.44. The van der Waals surface area contributed by atoms with E-state index >= 15 is 0 Å². The summed E-state index contributed by atoms with van der Waals surface area (Å²) in [6.07, 6.45) is 2.80. The molecule has 1 N–H and O–H groups in total. The van der Waals surface area contributed by atoms with Crippen molar-refractivity contribution in [2.45, 2.75) is 19.4 Å². The van der Waals surface area contributed by atoms with E-state index < -0.39 is 18.3 Å². The Bertz CT molecular complexity index is 378. The summed E-state index contributed by atoms with van der Waals surface area (Å²) in [5, 5.41) is 8.53. The predicted octanol–water partition coefficient (Wildman–Crippen LogP) is 1.08. The van der Waals surface area contributed by atoms with E-state index in [-0.39, 0.29) is 6.04 Å². The number of amides is 1. The van der Waals surface area contributed by atoms with Crippen molar-refractivity contribution in [1.29, 1.82) is 0 Å². The minimum absolute atomic E-state index is 0.158. The average Bonchev–Trinajstić information content (AvgIpc) is 2.27. The van der Waals surface area contributed by atoms with Crippen LogP contribution in [0.1, 0.15) is 24.9 Å². The lowest BCUT2D eigenvalue weighted by atomic mass is 10.1. The van der Waals surface area contributed by atoms with Gasteiger partial charge < -0.3 is 10.0 Å². The molecule has 1 aromatic rings. The predicted molar refractivity (Wildman–Crippen MR) is 57.7 cm³/mol. The molecule has 16 heavy (non-hydrogen) atoms. The molecule has 0 aliphatic heterocycles. The topological polar surface area (TPSA) is 70.5 Å². The van der Waals surface area contributed by atoms with Crippen LogP contribution in [0.25, 0.3) is 0 Å². The first-order valence-electron chi connectivity index (χ1n) is 4.89. The molecule has 0 aliphatic rings. The third-order valence-corrected chi connectivity index (χ3v) is 2.47. The number of carboxylic acids is 1. The minimum Gasteiger partial charge on any atom is -0.481 e. The maximum absolute atomic E-state index is 11.5. The summed E-state index contributed by atoms with van der Waals surface area (Å²) in [7, 11) is 1.59. The summed E-state index contributed by atoms with van der Waals surface area (Å²) in [5.41, 5.74) is 0.927. The normalized spacial score (nSPS) is 11.9. The van der Waals surface area contributed by atoms with E-state index in [1.165, 1.54) is 4.90 Å². The van der Waals surface area contributed by atoms with Crippen molar-refractivity contribution >= 4 is 11.9 Å². The zero-order valence-corrected chi connectivity index (χ0v) is 9.25. The number of aromatic nitrogens is 1. The first-order chi connectivity index (χ1) is 7.52. The van der Waals surface area contributed by atoms with Crippen LogP contribution in [0.15, 0.2) is 24.5 Å². The summed E-state index contributed by atoms with van der Waals surface area (Å²) < 4.78 is 0. The molecule has 0 radical (unpaired) electrons. The molecule has 5 heteroatoms. The number of rotatable bonds is 4. The Kier molecular flexibility index (Phi) is 3.99. The van der Waals surface area contributed by atoms with Gasteiger partial charge in [0.15, 0.2) is 0 Å². The highest BCUT2D eigenvalue weighted by Gasteiger charge is 2.19. The van der Waals surface area contributed by atoms with Crippen LogP contribution in [0, 0.1) is 0 Å². The highest BCUT2D eigenvalue weighted by atomic mass is 16.4. The van der Waals surface area contributed by atoms with E-state index in [1.807, 2.05) is 6.92 Å². The van der Waals surface area contributed by atoms with E-state index in [0.717, 1.165) is 5.56 Å². The van der Waals surface area contributed by atoms with Gasteiger partial charge in [0.2, 0.25) is 5.91 Å². The highest BCUT2D eigenvalue weighted by molar-refractivity contribution is 5.93. The number of aliphatic carboxylic acids is 1. The summed E-state index contributed by atoms with van der Waals surface area (Å²) in [6.45, 7) is 1.84. The van der Waals surface area contributed by atoms with Crippen molar-refractivity contribution in [3.8, 4) is 0 Å². The Balaban J connectivity index is 2.71. The van der Waals surface area contributed by atoms with Gasteiger partial charge in [0, 0.05) is 19.4 Å². The number of nitrogens with zero attached hydrogens (tertiary/aromatic N) is 2. The largest absolute Gasteiger partial charge is 0.481 e. The molecule has 86 valence electrons. The molecule has 0 aliphatic carbocycles. The first kappa shape index (κ1) is 12.2. The number of hydrogen-bond acceptors (Lipinski definition) is 3. The molecule has 1 atom stereocenters. The van der Waals surface area contributed by atoms with E-state index in [9.17, 15) is 9.59 Å². The van der Waals surface area contributed by atoms with E-state index in [1.54, 1.807) is 31.6 Å². The molecule has 1 aromatic heterocycles. The summed E-state index contributed by atoms with van der Waals surface area (Å²) in [5.74, 6) is -1.52. The van der Waals surface area contributed by atoms with Crippen LogP contribution in [0.4, 0.5) is 0 Å². The number of carbonyl (C=O) groups excluding carboxylic acids is 1. The molecule has 0 bridgehead atoms. The lowest BCUT2D eigenvalue weighted by Gasteiger charge is -2.24. The Morgan fingerprint density at radius 1 is 1.44 bits per heavy atom. The summed E-state index contributed by atoms with van der Waals surface area (Å²) >= 11 is 0. The SMILES string of the molecule is CC(c1ccncc1)N(C)C(=O)CC(=O)O. The maximum Gasteiger partial charge on any atom is 0.312 e. The molecule has 0 saturated carbocycles. The Labute approximate surface area is 93.7 Å². The molecular formula is C11H14N2O3. The second-order valence-electron chi connectivity index (χ2n) is 3.53. The van der Waals surface area contributed by atoms with Gasteiger partial charge in [-0.15, -0.1) is 0 Å². The molecular weight excluding hydrogens is 208 g/mol. The molecule has 1 amide bonds. The lowest BCUT2D eigenvalue weighted by Crippen LogP contribution is -2.31. The van der Waals surface area contributed by atoms with Crippen LogP contribution in [0.3, 0.4) is 0 Å². The Morgan fingerprint density at radius 2 is 2.00 bits per heavy atom. The fraction of sp³-hybridized carbons (Fsp3) is 0.364. The van der Waals surface area contributed by atoms with Crippen molar-refractivity contribution < 1.29 is 14.7 Å². The van der Waals surface area contributed by atoms with Crippen molar-refractivity contribution in [3.05, 3.63) is 30.1 Å². The summed E-state index contributed by atoms with van der Waals surface area (Å²) in [4.78, 5) is 27.2. The minimum atomic E-state index is -1.11. The second-order valence-corrected chi connectivity index (χ2v) is 3.53. The van der Waals surface area contributed by atoms with Gasteiger partial charge in [-0.05, 0) is 24.6 Å². The fourth-order valence-corrected chi connectivity index (χ4v) is 1.34. The van der Waals surface area contributed by atoms with Gasteiger partial charge in [-0.2, -0.15) is 0 Å². The molecule has 5 nitrogen and oxygen atoms in total. The molecule has 1 rings (SSSR count). The molecule has 1 heterocycles. The van der Waals surface area contributed by atoms with E-state index in [2.05, 4.69) is 4.98 Å². The van der Waals surface area contributed by atoms with Crippen molar-refractivity contribution in [1.82, 2.24) is 9.88 Å². The van der Waals surface area contributed by atoms with Gasteiger partial charge in [-0.25, -0.2) is 0 Å². The van der Waals surface area contributed by atoms with Crippen LogP contribution in [-0.2, 0) is 9.59 Å². The van der Waals surface area contributed by atoms with Gasteiger partial charge in [-0.3, -0.25) is 14.6 Å². The lowest BCUT2D eigenvalue weighted by molar-refractivity contribution is -0.144. The van der Waals surface area contributed by atoms with Crippen LogP contribution < -0.4 is 0 Å². The van der Waals surface area contributed by atoms with Gasteiger partial charge in [0.05, 0.1) is 6.04 Å². The zero-order valence-electron chi connectivity index (χ0n) is 9.25. The van der Waals surface area contributed by atoms with Gasteiger partial charge in [-0.1, -0.05) is 0 Å². The average molecular weight is 222 g/mol. The molecule has 0 saturated heterocycles. The third kappa shape index (κ3) is 3.05. The number of carbonyl (C=O) groups is 2. The third-order valence-electron chi connectivity index (χ3n) is 2.47. The van der Waals surface area contributed by atoms with E-state index in [0.29, 0.717) is 0 Å². The standard InChI is InChI=1S/C11H14N2O3/c1-8(9-3-5-12-6-4-9)13(2)10(14)7-11(15)16/h3-6,8H,7H2,1-2H3,(H,15,16). The molecule has 0 fully saturated rings. The van der Waals surface area contributed by atoms with Crippen LogP contribution in [0.2, 0.25) is 0 Å². The van der Waals surface area contributed by atoms with E-state index in [4.69, 9.17) is 5.11 Å². The van der Waals surface area contributed by atoms with Crippen molar-refractivity contribution in [2.24, 2.45) is 0 Å². The number of carboxylic acid groups (broad SMARTS) is 1. The molecule has 0 spiro atoms. The second kappa shape index (κ2) is 5.25. The van der Waals surface area contributed by atoms with Crippen molar-refractivity contribution in [3.63, 3.8) is 0 Å². The van der Waals surface area contributed by atoms with Crippen molar-refractivity contribution in [2.75, 3.05) is 7.05 Å². The Hall–Kier alpha value is -1.91. The van der Waals surface area contributed by atoms with Crippen LogP contribution in [0.5, 0.6) is 0 Å². The van der Waals surface area contributed by atoms with Crippen LogP contribution in [-0.4, -0.2) is 33.9 Å². The first-order valence-corrected chi connectivity index (χ1v) is 4.89. The molecule has 1 unspecified atom stereocenters. The Morgan fingerprint density at radius 3 is 2.50 bits per heavy atom. The monoisotopic (exact) mass is 222 g/mol. The van der Waals surface area contributed by atoms with Gasteiger partial charge >= 0.3 is 5.97 Å². The maximum atomic E-state index is 11.5. The fourth-order valence-electron chi connectivity index (χ4n) is 1.34. The quantitative estimate of drug-likeness (QED) is 0.774. The van der Waals surface area contributed by atoms with Gasteiger partial charge in [0.1, 0.15) is 6.42 Å². The molecule has 0 aromatic carbocycles. The van der Waals surface area contributed by atoms with Crippen LogP contribution >= 0.6 is 0 Å². The van der Waals surface area contributed by atoms with Gasteiger partial charge in [0.25, 0.3) is 0 Å². The highest BCUT2D eigenvalue weighted by Crippen LogP contribution is 2.18.